The van der Waals surface area contributed by atoms with Crippen LogP contribution in [0.2, 0.25) is 0 Å². The van der Waals surface area contributed by atoms with Crippen molar-refractivity contribution in [2.24, 2.45) is 0 Å². The Morgan fingerprint density at radius 2 is 2.13 bits per heavy atom. The number of benzene rings is 1. The zero-order valence-electron chi connectivity index (χ0n) is 12.4. The molecule has 0 saturated carbocycles. The number of aromatic amines is 1. The fraction of sp³-hybridized carbons (Fsp3) is 0.188. The quantitative estimate of drug-likeness (QED) is 0.775. The lowest BCUT2D eigenvalue weighted by Gasteiger charge is -2.08. The monoisotopic (exact) mass is 311 g/mol. The van der Waals surface area contributed by atoms with Crippen LogP contribution in [0.1, 0.15) is 19.4 Å². The van der Waals surface area contributed by atoms with E-state index in [1.54, 1.807) is 29.1 Å². The van der Waals surface area contributed by atoms with E-state index in [1.165, 1.54) is 12.1 Å². The highest BCUT2D eigenvalue weighted by molar-refractivity contribution is 5.91. The van der Waals surface area contributed by atoms with E-state index in [0.29, 0.717) is 22.4 Å². The largest absolute Gasteiger partial charge is 0.338 e. The third-order valence-corrected chi connectivity index (χ3v) is 3.54. The van der Waals surface area contributed by atoms with Crippen molar-refractivity contribution in [3.8, 4) is 6.07 Å². The van der Waals surface area contributed by atoms with Gasteiger partial charge in [0.25, 0.3) is 5.56 Å². The molecule has 3 rings (SSSR count). The van der Waals surface area contributed by atoms with E-state index in [0.717, 1.165) is 0 Å². The van der Waals surface area contributed by atoms with Gasteiger partial charge >= 0.3 is 0 Å². The normalized spacial score (nSPS) is 12.0. The van der Waals surface area contributed by atoms with Crippen molar-refractivity contribution in [3.63, 3.8) is 0 Å². The molecule has 6 nitrogen and oxygen atoms in total. The summed E-state index contributed by atoms with van der Waals surface area (Å²) in [5, 5.41) is 16.7. The van der Waals surface area contributed by atoms with Crippen LogP contribution >= 0.6 is 0 Å². The van der Waals surface area contributed by atoms with Gasteiger partial charge in [-0.2, -0.15) is 10.4 Å². The Morgan fingerprint density at radius 3 is 2.83 bits per heavy atom. The minimum Gasteiger partial charge on any atom is -0.338 e. The van der Waals surface area contributed by atoms with E-state index < -0.39 is 0 Å². The summed E-state index contributed by atoms with van der Waals surface area (Å²) in [5.74, 6) is 0.0321. The molecular formula is C16H14FN5O. The molecule has 7 heteroatoms. The second-order valence-electron chi connectivity index (χ2n) is 5.20. The summed E-state index contributed by atoms with van der Waals surface area (Å²) in [6.45, 7) is 1.86. The summed E-state index contributed by atoms with van der Waals surface area (Å²) < 4.78 is 14.7. The first-order valence-electron chi connectivity index (χ1n) is 7.09. The first-order chi connectivity index (χ1) is 11.1. The molecule has 0 aliphatic carbocycles. The lowest BCUT2D eigenvalue weighted by molar-refractivity contribution is 0.518. The van der Waals surface area contributed by atoms with Gasteiger partial charge < -0.3 is 10.3 Å². The fourth-order valence-corrected chi connectivity index (χ4v) is 2.41. The average Bonchev–Trinajstić information content (AvgIpc) is 2.90. The van der Waals surface area contributed by atoms with E-state index >= 15 is 0 Å². The van der Waals surface area contributed by atoms with Crippen LogP contribution < -0.4 is 10.9 Å². The lowest BCUT2D eigenvalue weighted by Crippen LogP contribution is -2.08. The maximum Gasteiger partial charge on any atom is 0.261 e. The molecule has 0 spiro atoms. The molecule has 23 heavy (non-hydrogen) atoms. The number of fused-ring (bicyclic) bond motifs is 1. The Kier molecular flexibility index (Phi) is 3.81. The van der Waals surface area contributed by atoms with Gasteiger partial charge in [0.05, 0.1) is 24.0 Å². The zero-order chi connectivity index (χ0) is 16.4. The maximum absolute atomic E-state index is 13.0. The molecule has 2 aromatic heterocycles. The molecule has 116 valence electrons. The van der Waals surface area contributed by atoms with Crippen LogP contribution in [0.3, 0.4) is 0 Å². The Bertz CT molecular complexity index is 936. The number of pyridine rings is 1. The summed E-state index contributed by atoms with van der Waals surface area (Å²) in [7, 11) is 0. The topological polar surface area (TPSA) is 86.5 Å². The molecule has 3 aromatic rings. The van der Waals surface area contributed by atoms with Gasteiger partial charge in [-0.05, 0) is 37.3 Å². The highest BCUT2D eigenvalue weighted by atomic mass is 19.1. The molecule has 0 bridgehead atoms. The number of anilines is 2. The van der Waals surface area contributed by atoms with E-state index in [4.69, 9.17) is 5.26 Å². The molecule has 2 N–H and O–H groups in total. The third kappa shape index (κ3) is 2.79. The summed E-state index contributed by atoms with van der Waals surface area (Å²) in [6, 6.07) is 9.45. The summed E-state index contributed by atoms with van der Waals surface area (Å²) in [4.78, 5) is 14.8. The van der Waals surface area contributed by atoms with Gasteiger partial charge in [0, 0.05) is 11.9 Å². The predicted molar refractivity (Wildman–Crippen MR) is 85.0 cm³/mol. The van der Waals surface area contributed by atoms with Crippen molar-refractivity contribution in [1.82, 2.24) is 14.8 Å². The van der Waals surface area contributed by atoms with Crippen molar-refractivity contribution in [3.05, 3.63) is 52.7 Å². The number of nitriles is 1. The van der Waals surface area contributed by atoms with E-state index in [2.05, 4.69) is 21.5 Å². The number of aromatic nitrogens is 3. The second-order valence-corrected chi connectivity index (χ2v) is 5.20. The Hall–Kier alpha value is -3.14. The van der Waals surface area contributed by atoms with Gasteiger partial charge in [0.1, 0.15) is 11.2 Å². The van der Waals surface area contributed by atoms with Gasteiger partial charge in [0.15, 0.2) is 5.82 Å². The standard InChI is InChI=1S/C16H14FN5O/c1-10(6-8-18)22-13-7-9-19-16(23)14(13)15(21-22)20-12-4-2-11(17)3-5-12/h2-5,7,9-10H,6H2,1H3,(H,19,23)(H,20,21)/t10-/m1/s1. The molecule has 0 amide bonds. The van der Waals surface area contributed by atoms with Crippen LogP contribution in [-0.4, -0.2) is 14.8 Å². The molecule has 0 fully saturated rings. The van der Waals surface area contributed by atoms with Crippen LogP contribution in [0.5, 0.6) is 0 Å². The van der Waals surface area contributed by atoms with Crippen LogP contribution in [0.4, 0.5) is 15.9 Å². The Morgan fingerprint density at radius 1 is 1.39 bits per heavy atom. The number of hydrogen-bond donors (Lipinski definition) is 2. The molecule has 0 radical (unpaired) electrons. The molecule has 2 heterocycles. The zero-order valence-corrected chi connectivity index (χ0v) is 12.4. The smallest absolute Gasteiger partial charge is 0.261 e. The van der Waals surface area contributed by atoms with Crippen LogP contribution in [-0.2, 0) is 0 Å². The molecular weight excluding hydrogens is 297 g/mol. The molecule has 0 aliphatic rings. The van der Waals surface area contributed by atoms with Gasteiger partial charge in [-0.15, -0.1) is 0 Å². The summed E-state index contributed by atoms with van der Waals surface area (Å²) >= 11 is 0. The van der Waals surface area contributed by atoms with Crippen molar-refractivity contribution in [2.45, 2.75) is 19.4 Å². The number of nitrogens with one attached hydrogen (secondary N) is 2. The Labute approximate surface area is 131 Å². The van der Waals surface area contributed by atoms with E-state index in [9.17, 15) is 9.18 Å². The maximum atomic E-state index is 13.0. The molecule has 0 unspecified atom stereocenters. The van der Waals surface area contributed by atoms with Crippen molar-refractivity contribution in [1.29, 1.82) is 5.26 Å². The van der Waals surface area contributed by atoms with Crippen molar-refractivity contribution in [2.75, 3.05) is 5.32 Å². The third-order valence-electron chi connectivity index (χ3n) is 3.54. The van der Waals surface area contributed by atoms with Crippen molar-refractivity contribution < 1.29 is 4.39 Å². The highest BCUT2D eigenvalue weighted by Gasteiger charge is 2.17. The van der Waals surface area contributed by atoms with Crippen LogP contribution in [0, 0.1) is 17.1 Å². The predicted octanol–water partition coefficient (Wildman–Crippen LogP) is 3.08. The van der Waals surface area contributed by atoms with Crippen LogP contribution in [0.25, 0.3) is 10.9 Å². The average molecular weight is 311 g/mol. The SMILES string of the molecule is C[C@H](CC#N)n1nc(Nc2ccc(F)cc2)c2c(=O)[nH]ccc21. The van der Waals surface area contributed by atoms with Gasteiger partial charge in [0.2, 0.25) is 0 Å². The lowest BCUT2D eigenvalue weighted by atomic mass is 10.2. The first-order valence-corrected chi connectivity index (χ1v) is 7.09. The minimum atomic E-state index is -0.341. The minimum absolute atomic E-state index is 0.173. The number of halogens is 1. The Balaban J connectivity index is 2.11. The number of rotatable bonds is 4. The van der Waals surface area contributed by atoms with Crippen LogP contribution in [0.15, 0.2) is 41.3 Å². The molecule has 1 atom stereocenters. The molecule has 0 saturated heterocycles. The number of hydrogen-bond acceptors (Lipinski definition) is 4. The van der Waals surface area contributed by atoms with Crippen molar-refractivity contribution >= 4 is 22.4 Å². The summed E-state index contributed by atoms with van der Waals surface area (Å²) in [5.41, 5.74) is 0.984. The fourth-order valence-electron chi connectivity index (χ4n) is 2.41. The highest BCUT2D eigenvalue weighted by Crippen LogP contribution is 2.26. The van der Waals surface area contributed by atoms with Gasteiger partial charge in [-0.25, -0.2) is 4.39 Å². The number of nitrogens with zero attached hydrogens (tertiary/aromatic N) is 3. The van der Waals surface area contributed by atoms with E-state index in [1.807, 2.05) is 6.92 Å². The molecule has 1 aromatic carbocycles. The second kappa shape index (κ2) is 5.93. The van der Waals surface area contributed by atoms with Gasteiger partial charge in [-0.1, -0.05) is 0 Å². The summed E-state index contributed by atoms with van der Waals surface area (Å²) in [6.07, 6.45) is 1.82. The van der Waals surface area contributed by atoms with E-state index in [-0.39, 0.29) is 23.8 Å². The number of H-pyrrole nitrogens is 1. The van der Waals surface area contributed by atoms with Gasteiger partial charge in [-0.3, -0.25) is 9.48 Å². The molecule has 0 aliphatic heterocycles. The first kappa shape index (κ1) is 14.8.